The zero-order valence-electron chi connectivity index (χ0n) is 15.1. The lowest BCUT2D eigenvalue weighted by atomic mass is 10.2. The van der Waals surface area contributed by atoms with Gasteiger partial charge < -0.3 is 21.1 Å². The van der Waals surface area contributed by atoms with Crippen LogP contribution in [0.15, 0.2) is 41.5 Å². The first-order chi connectivity index (χ1) is 13.5. The van der Waals surface area contributed by atoms with E-state index in [0.717, 1.165) is 24.4 Å². The Morgan fingerprint density at radius 2 is 1.70 bits per heavy atom. The molecule has 0 radical (unpaired) electrons. The normalized spacial score (nSPS) is 12.1. The lowest BCUT2D eigenvalue weighted by molar-refractivity contribution is -0.274. The van der Waals surface area contributed by atoms with E-state index in [4.69, 9.17) is 5.73 Å². The van der Waals surface area contributed by atoms with Crippen molar-refractivity contribution in [2.75, 3.05) is 18.4 Å². The fourth-order valence-corrected chi connectivity index (χ4v) is 2.00. The third-order valence-corrected chi connectivity index (χ3v) is 3.25. The molecule has 0 fully saturated rings. The van der Waals surface area contributed by atoms with Crippen molar-refractivity contribution in [1.29, 1.82) is 0 Å². The molecule has 2 aromatic rings. The molecule has 0 aliphatic carbocycles. The number of guanidine groups is 1. The maximum atomic E-state index is 12.6. The van der Waals surface area contributed by atoms with Crippen LogP contribution in [0, 0.1) is 0 Å². The standard InChI is InChI=1S/C16H16F6N6O.HI/c17-15(18,19)12-5-6-25-14(28-12)26-8-7-24-13(23)27-9-10-1-3-11(4-2-10)29-16(20,21)22;/h1-6H,7-9H2,(H3,23,24,27)(H,25,26,28);1H. The molecule has 14 heteroatoms. The van der Waals surface area contributed by atoms with E-state index in [1.165, 1.54) is 12.1 Å². The molecular formula is C16H17F6IN6O. The minimum absolute atomic E-state index is 0. The van der Waals surface area contributed by atoms with Gasteiger partial charge in [0.2, 0.25) is 5.95 Å². The summed E-state index contributed by atoms with van der Waals surface area (Å²) in [5.41, 5.74) is 5.19. The van der Waals surface area contributed by atoms with Crippen LogP contribution in [-0.2, 0) is 12.7 Å². The number of benzene rings is 1. The summed E-state index contributed by atoms with van der Waals surface area (Å²) in [6, 6.07) is 5.88. The van der Waals surface area contributed by atoms with Gasteiger partial charge in [0.15, 0.2) is 5.96 Å². The van der Waals surface area contributed by atoms with Gasteiger partial charge in [-0.1, -0.05) is 12.1 Å². The van der Waals surface area contributed by atoms with Gasteiger partial charge in [0, 0.05) is 19.3 Å². The molecule has 0 saturated heterocycles. The number of hydrogen-bond acceptors (Lipinski definition) is 5. The van der Waals surface area contributed by atoms with Crippen LogP contribution >= 0.6 is 24.0 Å². The molecule has 0 atom stereocenters. The number of aromatic nitrogens is 2. The van der Waals surface area contributed by atoms with Gasteiger partial charge in [-0.3, -0.25) is 0 Å². The quantitative estimate of drug-likeness (QED) is 0.161. The number of nitrogens with one attached hydrogen (secondary N) is 2. The van der Waals surface area contributed by atoms with Crippen LogP contribution in [0.25, 0.3) is 0 Å². The van der Waals surface area contributed by atoms with Gasteiger partial charge in [-0.2, -0.15) is 13.2 Å². The molecule has 0 aliphatic heterocycles. The molecule has 0 aliphatic rings. The highest BCUT2D eigenvalue weighted by atomic mass is 127. The first-order valence-corrected chi connectivity index (χ1v) is 8.05. The molecule has 2 rings (SSSR count). The number of anilines is 1. The topological polar surface area (TPSA) is 97.5 Å². The molecular weight excluding hydrogens is 533 g/mol. The Bertz CT molecular complexity index is 828. The van der Waals surface area contributed by atoms with Crippen LogP contribution in [0.2, 0.25) is 0 Å². The molecule has 1 heterocycles. The Balaban J connectivity index is 0.00000450. The second-order valence-electron chi connectivity index (χ2n) is 5.51. The summed E-state index contributed by atoms with van der Waals surface area (Å²) in [4.78, 5) is 11.0. The highest BCUT2D eigenvalue weighted by molar-refractivity contribution is 14.0. The second kappa shape index (κ2) is 11.0. The molecule has 166 valence electrons. The van der Waals surface area contributed by atoms with Crippen molar-refractivity contribution in [2.24, 2.45) is 10.7 Å². The van der Waals surface area contributed by atoms with E-state index in [1.807, 2.05) is 0 Å². The zero-order chi connectivity index (χ0) is 21.5. The first kappa shape index (κ1) is 25.5. The van der Waals surface area contributed by atoms with Gasteiger partial charge >= 0.3 is 12.5 Å². The molecule has 4 N–H and O–H groups in total. The maximum absolute atomic E-state index is 12.6. The van der Waals surface area contributed by atoms with E-state index in [0.29, 0.717) is 5.56 Å². The minimum atomic E-state index is -4.76. The van der Waals surface area contributed by atoms with Crippen molar-refractivity contribution in [2.45, 2.75) is 19.1 Å². The van der Waals surface area contributed by atoms with Crippen molar-refractivity contribution in [3.8, 4) is 5.75 Å². The van der Waals surface area contributed by atoms with Crippen molar-refractivity contribution >= 4 is 35.9 Å². The summed E-state index contributed by atoms with van der Waals surface area (Å²) in [5.74, 6) is -0.482. The molecule has 0 bridgehead atoms. The van der Waals surface area contributed by atoms with Crippen molar-refractivity contribution < 1.29 is 31.1 Å². The van der Waals surface area contributed by atoms with Crippen LogP contribution < -0.4 is 21.1 Å². The number of rotatable bonds is 7. The van der Waals surface area contributed by atoms with E-state index in [9.17, 15) is 26.3 Å². The lowest BCUT2D eigenvalue weighted by Gasteiger charge is -2.10. The number of alkyl halides is 6. The summed E-state index contributed by atoms with van der Waals surface area (Å²) in [7, 11) is 0. The zero-order valence-corrected chi connectivity index (χ0v) is 17.4. The molecule has 0 amide bonds. The summed E-state index contributed by atoms with van der Waals surface area (Å²) in [5, 5.41) is 5.33. The van der Waals surface area contributed by atoms with Gasteiger partial charge in [0.05, 0.1) is 6.54 Å². The fraction of sp³-hybridized carbons (Fsp3) is 0.312. The third kappa shape index (κ3) is 9.32. The predicted molar refractivity (Wildman–Crippen MR) is 107 cm³/mol. The molecule has 1 aromatic carbocycles. The maximum Gasteiger partial charge on any atom is 0.573 e. The van der Waals surface area contributed by atoms with Crippen LogP contribution in [0.3, 0.4) is 0 Å². The molecule has 0 spiro atoms. The molecule has 30 heavy (non-hydrogen) atoms. The summed E-state index contributed by atoms with van der Waals surface area (Å²) in [6.45, 7) is 0.490. The van der Waals surface area contributed by atoms with Crippen LogP contribution in [-0.4, -0.2) is 35.4 Å². The first-order valence-electron chi connectivity index (χ1n) is 8.05. The van der Waals surface area contributed by atoms with Crippen molar-refractivity contribution in [3.63, 3.8) is 0 Å². The summed E-state index contributed by atoms with van der Waals surface area (Å²) in [6.07, 6.45) is -8.33. The number of nitrogens with zero attached hydrogens (tertiary/aromatic N) is 3. The molecule has 0 saturated carbocycles. The van der Waals surface area contributed by atoms with Gasteiger partial charge in [0.25, 0.3) is 0 Å². The Kier molecular flexibility index (Phi) is 9.38. The van der Waals surface area contributed by atoms with E-state index in [2.05, 4.69) is 30.3 Å². The van der Waals surface area contributed by atoms with Gasteiger partial charge in [-0.15, -0.1) is 37.1 Å². The van der Waals surface area contributed by atoms with Gasteiger partial charge in [0.1, 0.15) is 11.4 Å². The minimum Gasteiger partial charge on any atom is -0.406 e. The van der Waals surface area contributed by atoms with Gasteiger partial charge in [-0.05, 0) is 23.8 Å². The van der Waals surface area contributed by atoms with E-state index in [-0.39, 0.29) is 61.3 Å². The second-order valence-corrected chi connectivity index (χ2v) is 5.51. The molecule has 7 nitrogen and oxygen atoms in total. The molecule has 1 aromatic heterocycles. The Labute approximate surface area is 184 Å². The fourth-order valence-electron chi connectivity index (χ4n) is 2.00. The van der Waals surface area contributed by atoms with Crippen LogP contribution in [0.1, 0.15) is 11.3 Å². The van der Waals surface area contributed by atoms with Crippen LogP contribution in [0.4, 0.5) is 32.3 Å². The Morgan fingerprint density at radius 3 is 2.30 bits per heavy atom. The SMILES string of the molecule is I.NC(=NCc1ccc(OC(F)(F)F)cc1)NCCNc1nccc(C(F)(F)F)n1. The third-order valence-electron chi connectivity index (χ3n) is 3.25. The van der Waals surface area contributed by atoms with E-state index in [1.54, 1.807) is 0 Å². The summed E-state index contributed by atoms with van der Waals surface area (Å²) >= 11 is 0. The van der Waals surface area contributed by atoms with Crippen molar-refractivity contribution in [3.05, 3.63) is 47.8 Å². The highest BCUT2D eigenvalue weighted by Crippen LogP contribution is 2.27. The van der Waals surface area contributed by atoms with E-state index < -0.39 is 18.2 Å². The number of hydrogen-bond donors (Lipinski definition) is 3. The van der Waals surface area contributed by atoms with E-state index >= 15 is 0 Å². The Morgan fingerprint density at radius 1 is 1.03 bits per heavy atom. The number of nitrogens with two attached hydrogens (primary N) is 1. The number of ether oxygens (including phenoxy) is 1. The number of aliphatic imine (C=N–C) groups is 1. The predicted octanol–water partition coefficient (Wildman–Crippen LogP) is 3.53. The average molecular weight is 550 g/mol. The summed E-state index contributed by atoms with van der Waals surface area (Å²) < 4.78 is 77.7. The largest absolute Gasteiger partial charge is 0.573 e. The number of halogens is 7. The van der Waals surface area contributed by atoms with Crippen LogP contribution in [0.5, 0.6) is 5.75 Å². The smallest absolute Gasteiger partial charge is 0.406 e. The lowest BCUT2D eigenvalue weighted by Crippen LogP contribution is -2.35. The molecule has 0 unspecified atom stereocenters. The average Bonchev–Trinajstić information content (AvgIpc) is 2.63. The highest BCUT2D eigenvalue weighted by Gasteiger charge is 2.32. The monoisotopic (exact) mass is 550 g/mol. The Hall–Kier alpha value is -2.52. The van der Waals surface area contributed by atoms with Gasteiger partial charge in [-0.25, -0.2) is 15.0 Å². The van der Waals surface area contributed by atoms with Crippen molar-refractivity contribution in [1.82, 2.24) is 15.3 Å².